The van der Waals surface area contributed by atoms with Crippen LogP contribution < -0.4 is 17.3 Å². The highest BCUT2D eigenvalue weighted by atomic mass is 35.6. The van der Waals surface area contributed by atoms with Crippen LogP contribution >= 0.6 is 34.8 Å². The van der Waals surface area contributed by atoms with Crippen LogP contribution in [0.25, 0.3) is 0 Å². The SMILES string of the molecule is C[NH+](C)C(Cl)(Cl)Cl.[Cl-]. The fourth-order valence-corrected chi connectivity index (χ4v) is 0. The summed E-state index contributed by atoms with van der Waals surface area (Å²) in [6.07, 6.45) is 0. The molecule has 0 aliphatic rings. The van der Waals surface area contributed by atoms with E-state index in [1.807, 2.05) is 0 Å². The maximum absolute atomic E-state index is 5.36. The van der Waals surface area contributed by atoms with Gasteiger partial charge in [0.2, 0.25) is 0 Å². The molecule has 0 heterocycles. The Hall–Kier alpha value is 1.12. The zero-order valence-electron chi connectivity index (χ0n) is 4.51. The van der Waals surface area contributed by atoms with Crippen LogP contribution in [0.1, 0.15) is 0 Å². The highest BCUT2D eigenvalue weighted by molar-refractivity contribution is 6.65. The van der Waals surface area contributed by atoms with Gasteiger partial charge in [-0.1, -0.05) is 0 Å². The van der Waals surface area contributed by atoms with Crippen molar-refractivity contribution in [3.8, 4) is 0 Å². The van der Waals surface area contributed by atoms with Gasteiger partial charge in [-0.25, -0.2) is 0 Å². The van der Waals surface area contributed by atoms with Gasteiger partial charge in [0.25, 0.3) is 0 Å². The molecule has 0 aliphatic carbocycles. The van der Waals surface area contributed by atoms with Crippen LogP contribution in [0.4, 0.5) is 0 Å². The molecule has 1 nitrogen and oxygen atoms in total. The van der Waals surface area contributed by atoms with E-state index in [0.717, 1.165) is 4.90 Å². The first-order valence-corrected chi connectivity index (χ1v) is 2.95. The molecule has 5 heteroatoms. The maximum Gasteiger partial charge on any atom is 0.328 e. The van der Waals surface area contributed by atoms with Crippen molar-refractivity contribution in [2.75, 3.05) is 14.1 Å². The first-order valence-electron chi connectivity index (χ1n) is 1.82. The highest BCUT2D eigenvalue weighted by Gasteiger charge is 2.26. The first kappa shape index (κ1) is 11.9. The summed E-state index contributed by atoms with van der Waals surface area (Å²) in [6, 6.07) is 0. The van der Waals surface area contributed by atoms with Crippen molar-refractivity contribution < 1.29 is 17.3 Å². The van der Waals surface area contributed by atoms with E-state index in [-0.39, 0.29) is 12.4 Å². The van der Waals surface area contributed by atoms with Crippen LogP contribution in [0.3, 0.4) is 0 Å². The van der Waals surface area contributed by atoms with Gasteiger partial charge in [-0.3, -0.25) is 4.90 Å². The molecule has 0 unspecified atom stereocenters. The van der Waals surface area contributed by atoms with Crippen LogP contribution in [0.2, 0.25) is 0 Å². The van der Waals surface area contributed by atoms with E-state index in [4.69, 9.17) is 34.8 Å². The van der Waals surface area contributed by atoms with Gasteiger partial charge >= 0.3 is 3.92 Å². The number of halogens is 4. The Balaban J connectivity index is 0. The Morgan fingerprint density at radius 2 is 1.25 bits per heavy atom. The Morgan fingerprint density at radius 3 is 1.25 bits per heavy atom. The predicted octanol–water partition coefficient (Wildman–Crippen LogP) is -2.54. The largest absolute Gasteiger partial charge is 1.00 e. The average Bonchev–Trinajstić information content (AvgIpc) is 1.31. The second-order valence-electron chi connectivity index (χ2n) is 1.50. The number of alkyl halides is 3. The molecule has 0 saturated carbocycles. The molecule has 8 heavy (non-hydrogen) atoms. The van der Waals surface area contributed by atoms with Gasteiger partial charge in [0.15, 0.2) is 0 Å². The van der Waals surface area contributed by atoms with Crippen molar-refractivity contribution in [1.82, 2.24) is 0 Å². The predicted molar refractivity (Wildman–Crippen MR) is 33.1 cm³/mol. The minimum atomic E-state index is -1.17. The lowest BCUT2D eigenvalue weighted by Gasteiger charge is -2.14. The molecule has 0 spiro atoms. The molecule has 0 amide bonds. The maximum atomic E-state index is 5.36. The molecule has 1 N–H and O–H groups in total. The summed E-state index contributed by atoms with van der Waals surface area (Å²) >= 11 is 16.1. The van der Waals surface area contributed by atoms with E-state index in [0.29, 0.717) is 0 Å². The van der Waals surface area contributed by atoms with Crippen molar-refractivity contribution in [3.05, 3.63) is 0 Å². The lowest BCUT2D eigenvalue weighted by molar-refractivity contribution is -0.869. The quantitative estimate of drug-likeness (QED) is 0.324. The Bertz CT molecular complexity index is 56.8. The van der Waals surface area contributed by atoms with Crippen LogP contribution in [-0.4, -0.2) is 18.0 Å². The molecule has 0 saturated heterocycles. The second kappa shape index (κ2) is 4.02. The molecule has 0 radical (unpaired) electrons. The smallest absolute Gasteiger partial charge is 0.328 e. The monoisotopic (exact) mass is 197 g/mol. The van der Waals surface area contributed by atoms with E-state index in [9.17, 15) is 0 Å². The topological polar surface area (TPSA) is 4.44 Å². The van der Waals surface area contributed by atoms with Gasteiger partial charge in [-0.15, -0.1) is 0 Å². The van der Waals surface area contributed by atoms with Crippen molar-refractivity contribution in [2.45, 2.75) is 3.92 Å². The number of hydrogen-bond acceptors (Lipinski definition) is 0. The van der Waals surface area contributed by atoms with Gasteiger partial charge in [0.05, 0.1) is 14.1 Å². The molecule has 0 aliphatic heterocycles. The van der Waals surface area contributed by atoms with E-state index >= 15 is 0 Å². The number of quaternary nitrogens is 1. The van der Waals surface area contributed by atoms with Gasteiger partial charge in [0, 0.05) is 0 Å². The third-order valence-corrected chi connectivity index (χ3v) is 1.70. The van der Waals surface area contributed by atoms with Crippen molar-refractivity contribution >= 4 is 34.8 Å². The lowest BCUT2D eigenvalue weighted by Crippen LogP contribution is -3.11. The summed E-state index contributed by atoms with van der Waals surface area (Å²) in [6.45, 7) is 0. The summed E-state index contributed by atoms with van der Waals surface area (Å²) in [7, 11) is 3.54. The van der Waals surface area contributed by atoms with Gasteiger partial charge in [-0.05, 0) is 34.8 Å². The molecular weight excluding hydrogens is 192 g/mol. The molecule has 0 aromatic rings. The van der Waals surface area contributed by atoms with Crippen molar-refractivity contribution in [3.63, 3.8) is 0 Å². The first-order chi connectivity index (χ1) is 2.94. The van der Waals surface area contributed by atoms with Crippen LogP contribution in [-0.2, 0) is 0 Å². The van der Waals surface area contributed by atoms with Gasteiger partial charge in [0.1, 0.15) is 0 Å². The van der Waals surface area contributed by atoms with E-state index in [2.05, 4.69) is 0 Å². The van der Waals surface area contributed by atoms with Crippen molar-refractivity contribution in [1.29, 1.82) is 0 Å². The second-order valence-corrected chi connectivity index (χ2v) is 3.78. The molecule has 0 aromatic heterocycles. The fraction of sp³-hybridized carbons (Fsp3) is 1.00. The summed E-state index contributed by atoms with van der Waals surface area (Å²) in [5, 5.41) is 0. The molecular formula is C3H7Cl4N. The minimum Gasteiger partial charge on any atom is -1.00 e. The van der Waals surface area contributed by atoms with E-state index < -0.39 is 3.92 Å². The molecule has 52 valence electrons. The molecule has 0 atom stereocenters. The molecule has 0 aromatic carbocycles. The van der Waals surface area contributed by atoms with Crippen LogP contribution in [0.5, 0.6) is 0 Å². The summed E-state index contributed by atoms with van der Waals surface area (Å²) in [4.78, 5) is 0.789. The molecule has 0 fully saturated rings. The highest BCUT2D eigenvalue weighted by Crippen LogP contribution is 2.15. The Kier molecular flexibility index (Phi) is 5.96. The van der Waals surface area contributed by atoms with Crippen molar-refractivity contribution in [2.24, 2.45) is 0 Å². The summed E-state index contributed by atoms with van der Waals surface area (Å²) in [5.74, 6) is 0. The Morgan fingerprint density at radius 1 is 1.12 bits per heavy atom. The Labute approximate surface area is 70.3 Å². The summed E-state index contributed by atoms with van der Waals surface area (Å²) < 4.78 is -1.17. The summed E-state index contributed by atoms with van der Waals surface area (Å²) in [5.41, 5.74) is 0. The fourth-order valence-electron chi connectivity index (χ4n) is 0. The molecule has 0 bridgehead atoms. The molecule has 0 rings (SSSR count). The zero-order chi connectivity index (χ0) is 6.08. The lowest BCUT2D eigenvalue weighted by atomic mass is 11.0. The normalized spacial score (nSPS) is 11.2. The van der Waals surface area contributed by atoms with Gasteiger partial charge < -0.3 is 12.4 Å². The number of rotatable bonds is 0. The van der Waals surface area contributed by atoms with Gasteiger partial charge in [-0.2, -0.15) is 0 Å². The van der Waals surface area contributed by atoms with Crippen LogP contribution in [0.15, 0.2) is 0 Å². The average molecular weight is 199 g/mol. The number of hydrogen-bond donors (Lipinski definition) is 1. The zero-order valence-corrected chi connectivity index (χ0v) is 7.54. The minimum absolute atomic E-state index is 0. The van der Waals surface area contributed by atoms with E-state index in [1.165, 1.54) is 0 Å². The van der Waals surface area contributed by atoms with Crippen LogP contribution in [0, 0.1) is 0 Å². The standard InChI is InChI=1S/C3H6Cl3N.ClH/c1-7(2)3(4,5)6;/h1-2H3;1H. The number of nitrogens with one attached hydrogen (secondary N) is 1. The van der Waals surface area contributed by atoms with E-state index in [1.54, 1.807) is 14.1 Å². The third-order valence-electron chi connectivity index (χ3n) is 0.567. The third kappa shape index (κ3) is 5.26.